The number of hydrogen-bond acceptors (Lipinski definition) is 4. The Morgan fingerprint density at radius 3 is 2.89 bits per heavy atom. The van der Waals surface area contributed by atoms with E-state index in [0.29, 0.717) is 12.4 Å². The van der Waals surface area contributed by atoms with Crippen LogP contribution in [-0.2, 0) is 14.9 Å². The van der Waals surface area contributed by atoms with Gasteiger partial charge in [0.05, 0.1) is 24.8 Å². The highest BCUT2D eigenvalue weighted by atomic mass is 16.5. The fourth-order valence-corrected chi connectivity index (χ4v) is 2.27. The van der Waals surface area contributed by atoms with Crippen molar-refractivity contribution in [1.29, 1.82) is 0 Å². The van der Waals surface area contributed by atoms with E-state index in [2.05, 4.69) is 9.97 Å². The van der Waals surface area contributed by atoms with Gasteiger partial charge >= 0.3 is 5.97 Å². The lowest BCUT2D eigenvalue weighted by molar-refractivity contribution is -0.146. The Morgan fingerprint density at radius 2 is 2.26 bits per heavy atom. The Balaban J connectivity index is 1.99. The van der Waals surface area contributed by atoms with E-state index >= 15 is 0 Å². The number of carbonyl (C=O) groups is 1. The van der Waals surface area contributed by atoms with Gasteiger partial charge in [-0.15, -0.1) is 0 Å². The SMILES string of the molecule is CCOC(=O)C1(c2nc3ccc(OC)cc3[nH]2)CC1. The summed E-state index contributed by atoms with van der Waals surface area (Å²) in [7, 11) is 1.62. The maximum absolute atomic E-state index is 12.0. The second-order valence-electron chi connectivity index (χ2n) is 4.77. The Hall–Kier alpha value is -2.04. The summed E-state index contributed by atoms with van der Waals surface area (Å²) in [4.78, 5) is 19.8. The number of nitrogens with zero attached hydrogens (tertiary/aromatic N) is 1. The second kappa shape index (κ2) is 4.26. The minimum atomic E-state index is -0.553. The predicted molar refractivity (Wildman–Crippen MR) is 70.2 cm³/mol. The molecule has 1 saturated carbocycles. The van der Waals surface area contributed by atoms with Crippen LogP contribution >= 0.6 is 0 Å². The molecule has 0 atom stereocenters. The molecule has 3 rings (SSSR count). The zero-order valence-corrected chi connectivity index (χ0v) is 11.0. The van der Waals surface area contributed by atoms with Crippen LogP contribution in [0.25, 0.3) is 11.0 Å². The van der Waals surface area contributed by atoms with Crippen LogP contribution in [0.1, 0.15) is 25.6 Å². The number of rotatable bonds is 4. The Morgan fingerprint density at radius 1 is 1.47 bits per heavy atom. The number of esters is 1. The van der Waals surface area contributed by atoms with E-state index in [1.54, 1.807) is 7.11 Å². The molecular formula is C14H16N2O3. The summed E-state index contributed by atoms with van der Waals surface area (Å²) in [6.45, 7) is 2.21. The van der Waals surface area contributed by atoms with Crippen LogP contribution < -0.4 is 4.74 Å². The number of ether oxygens (including phenoxy) is 2. The molecule has 1 fully saturated rings. The molecule has 1 aliphatic carbocycles. The smallest absolute Gasteiger partial charge is 0.319 e. The van der Waals surface area contributed by atoms with Gasteiger partial charge < -0.3 is 14.5 Å². The third kappa shape index (κ3) is 1.85. The van der Waals surface area contributed by atoms with Crippen LogP contribution in [0.2, 0.25) is 0 Å². The van der Waals surface area contributed by atoms with Gasteiger partial charge in [0, 0.05) is 6.07 Å². The quantitative estimate of drug-likeness (QED) is 0.856. The van der Waals surface area contributed by atoms with Gasteiger partial charge in [-0.3, -0.25) is 4.79 Å². The highest BCUT2D eigenvalue weighted by Gasteiger charge is 2.55. The van der Waals surface area contributed by atoms with Crippen LogP contribution in [0, 0.1) is 0 Å². The van der Waals surface area contributed by atoms with Gasteiger partial charge in [0.2, 0.25) is 0 Å². The summed E-state index contributed by atoms with van der Waals surface area (Å²) >= 11 is 0. The van der Waals surface area contributed by atoms with E-state index in [4.69, 9.17) is 9.47 Å². The molecule has 1 aromatic carbocycles. The number of hydrogen-bond donors (Lipinski definition) is 1. The molecule has 5 nitrogen and oxygen atoms in total. The molecule has 0 unspecified atom stereocenters. The van der Waals surface area contributed by atoms with Crippen molar-refractivity contribution in [3.8, 4) is 5.75 Å². The first kappa shape index (κ1) is 12.0. The summed E-state index contributed by atoms with van der Waals surface area (Å²) < 4.78 is 10.3. The van der Waals surface area contributed by atoms with Crippen LogP contribution in [0.3, 0.4) is 0 Å². The lowest BCUT2D eigenvalue weighted by atomic mass is 10.1. The highest BCUT2D eigenvalue weighted by Crippen LogP contribution is 2.48. The summed E-state index contributed by atoms with van der Waals surface area (Å²) in [6.07, 6.45) is 1.59. The average molecular weight is 260 g/mol. The van der Waals surface area contributed by atoms with E-state index in [9.17, 15) is 4.79 Å². The lowest BCUT2D eigenvalue weighted by Crippen LogP contribution is -2.24. The topological polar surface area (TPSA) is 64.2 Å². The number of carbonyl (C=O) groups excluding carboxylic acids is 1. The number of H-pyrrole nitrogens is 1. The van der Waals surface area contributed by atoms with Gasteiger partial charge in [-0.2, -0.15) is 0 Å². The summed E-state index contributed by atoms with van der Waals surface area (Å²) in [6, 6.07) is 5.62. The number of aromatic nitrogens is 2. The van der Waals surface area contributed by atoms with Gasteiger partial charge in [0.1, 0.15) is 17.0 Å². The highest BCUT2D eigenvalue weighted by molar-refractivity contribution is 5.87. The minimum absolute atomic E-state index is 0.180. The zero-order chi connectivity index (χ0) is 13.5. The molecule has 19 heavy (non-hydrogen) atoms. The molecular weight excluding hydrogens is 244 g/mol. The van der Waals surface area contributed by atoms with Crippen LogP contribution in [0.4, 0.5) is 0 Å². The molecule has 1 heterocycles. The molecule has 1 aromatic heterocycles. The number of imidazole rings is 1. The third-order valence-electron chi connectivity index (χ3n) is 3.56. The fourth-order valence-electron chi connectivity index (χ4n) is 2.27. The monoisotopic (exact) mass is 260 g/mol. The van der Waals surface area contributed by atoms with Gasteiger partial charge in [-0.05, 0) is 31.9 Å². The van der Waals surface area contributed by atoms with Crippen LogP contribution in [-0.4, -0.2) is 29.7 Å². The number of benzene rings is 1. The summed E-state index contributed by atoms with van der Waals surface area (Å²) in [5.74, 6) is 1.29. The van der Waals surface area contributed by atoms with Crippen LogP contribution in [0.15, 0.2) is 18.2 Å². The molecule has 0 spiro atoms. The second-order valence-corrected chi connectivity index (χ2v) is 4.77. The van der Waals surface area contributed by atoms with Crippen molar-refractivity contribution in [2.75, 3.05) is 13.7 Å². The van der Waals surface area contributed by atoms with Gasteiger partial charge in [-0.25, -0.2) is 4.98 Å². The van der Waals surface area contributed by atoms with Crippen molar-refractivity contribution < 1.29 is 14.3 Å². The molecule has 0 aliphatic heterocycles. The Labute approximate surface area is 110 Å². The zero-order valence-electron chi connectivity index (χ0n) is 11.0. The maximum atomic E-state index is 12.0. The molecule has 2 aromatic rings. The first-order chi connectivity index (χ1) is 9.19. The average Bonchev–Trinajstić information content (AvgIpc) is 3.12. The summed E-state index contributed by atoms with van der Waals surface area (Å²) in [5, 5.41) is 0. The van der Waals surface area contributed by atoms with Crippen LogP contribution in [0.5, 0.6) is 5.75 Å². The molecule has 100 valence electrons. The predicted octanol–water partition coefficient (Wildman–Crippen LogP) is 2.17. The van der Waals surface area contributed by atoms with Crippen molar-refractivity contribution in [3.05, 3.63) is 24.0 Å². The summed E-state index contributed by atoms with van der Waals surface area (Å²) in [5.41, 5.74) is 1.17. The molecule has 1 aliphatic rings. The van der Waals surface area contributed by atoms with Crippen molar-refractivity contribution in [1.82, 2.24) is 9.97 Å². The molecule has 0 amide bonds. The lowest BCUT2D eigenvalue weighted by Gasteiger charge is -2.10. The van der Waals surface area contributed by atoms with E-state index in [1.165, 1.54) is 0 Å². The number of nitrogens with one attached hydrogen (secondary N) is 1. The standard InChI is InChI=1S/C14H16N2O3/c1-3-19-13(17)14(6-7-14)12-15-10-5-4-9(18-2)8-11(10)16-12/h4-5,8H,3,6-7H2,1-2H3,(H,15,16). The van der Waals surface area contributed by atoms with Crippen molar-refractivity contribution in [2.45, 2.75) is 25.2 Å². The van der Waals surface area contributed by atoms with Crippen molar-refractivity contribution in [2.24, 2.45) is 0 Å². The first-order valence-electron chi connectivity index (χ1n) is 6.41. The number of aromatic amines is 1. The maximum Gasteiger partial charge on any atom is 0.319 e. The number of fused-ring (bicyclic) bond motifs is 1. The molecule has 0 radical (unpaired) electrons. The van der Waals surface area contributed by atoms with E-state index in [1.807, 2.05) is 25.1 Å². The van der Waals surface area contributed by atoms with Gasteiger partial charge in [0.25, 0.3) is 0 Å². The Kier molecular flexibility index (Phi) is 2.69. The minimum Gasteiger partial charge on any atom is -0.497 e. The van der Waals surface area contributed by atoms with Crippen molar-refractivity contribution >= 4 is 17.0 Å². The molecule has 1 N–H and O–H groups in total. The van der Waals surface area contributed by atoms with E-state index in [0.717, 1.165) is 29.6 Å². The first-order valence-corrected chi connectivity index (χ1v) is 6.41. The Bertz CT molecular complexity index is 629. The molecule has 0 bridgehead atoms. The van der Waals surface area contributed by atoms with E-state index in [-0.39, 0.29) is 5.97 Å². The largest absolute Gasteiger partial charge is 0.497 e. The molecule has 5 heteroatoms. The normalized spacial score (nSPS) is 16.3. The van der Waals surface area contributed by atoms with E-state index < -0.39 is 5.41 Å². The fraction of sp³-hybridized carbons (Fsp3) is 0.429. The molecule has 0 saturated heterocycles. The van der Waals surface area contributed by atoms with Gasteiger partial charge in [-0.1, -0.05) is 0 Å². The van der Waals surface area contributed by atoms with Gasteiger partial charge in [0.15, 0.2) is 0 Å². The third-order valence-corrected chi connectivity index (χ3v) is 3.56. The van der Waals surface area contributed by atoms with Crippen molar-refractivity contribution in [3.63, 3.8) is 0 Å². The number of methoxy groups -OCH3 is 1.